The van der Waals surface area contributed by atoms with Crippen molar-refractivity contribution in [1.29, 1.82) is 0 Å². The van der Waals surface area contributed by atoms with Crippen molar-refractivity contribution in [2.45, 2.75) is 33.6 Å². The summed E-state index contributed by atoms with van der Waals surface area (Å²) in [5.74, 6) is 0.284. The second-order valence-electron chi connectivity index (χ2n) is 5.39. The minimum atomic E-state index is -0.493. The number of carbonyl (C=O) groups is 1. The molecule has 1 rings (SSSR count). The monoisotopic (exact) mass is 281 g/mol. The Morgan fingerprint density at radius 2 is 2.20 bits per heavy atom. The highest BCUT2D eigenvalue weighted by Gasteiger charge is 2.18. The van der Waals surface area contributed by atoms with E-state index in [2.05, 4.69) is 24.1 Å². The van der Waals surface area contributed by atoms with Gasteiger partial charge in [-0.1, -0.05) is 20.8 Å². The van der Waals surface area contributed by atoms with Crippen LogP contribution in [0.3, 0.4) is 0 Å². The van der Waals surface area contributed by atoms with Crippen molar-refractivity contribution in [3.8, 4) is 0 Å². The van der Waals surface area contributed by atoms with E-state index in [1.54, 1.807) is 11.9 Å². The van der Waals surface area contributed by atoms with Gasteiger partial charge in [0, 0.05) is 20.1 Å². The first-order chi connectivity index (χ1) is 9.45. The third-order valence-electron chi connectivity index (χ3n) is 3.02. The van der Waals surface area contributed by atoms with Crippen LogP contribution in [0.2, 0.25) is 0 Å². The highest BCUT2D eigenvalue weighted by atomic mass is 19.1. The van der Waals surface area contributed by atoms with Crippen LogP contribution in [0.4, 0.5) is 10.2 Å². The van der Waals surface area contributed by atoms with Crippen LogP contribution in [0.15, 0.2) is 12.3 Å². The van der Waals surface area contributed by atoms with Crippen molar-refractivity contribution in [2.24, 2.45) is 5.92 Å². The summed E-state index contributed by atoms with van der Waals surface area (Å²) in [5.41, 5.74) is 0.296. The summed E-state index contributed by atoms with van der Waals surface area (Å²) in [4.78, 5) is 18.0. The third-order valence-corrected chi connectivity index (χ3v) is 3.02. The molecule has 0 radical (unpaired) electrons. The Balaban J connectivity index is 2.86. The molecule has 1 aromatic rings. The van der Waals surface area contributed by atoms with Gasteiger partial charge in [0.2, 0.25) is 0 Å². The van der Waals surface area contributed by atoms with E-state index in [1.165, 1.54) is 6.07 Å². The zero-order valence-electron chi connectivity index (χ0n) is 12.7. The first kappa shape index (κ1) is 16.4. The number of pyridine rings is 1. The number of halogens is 1. The molecule has 0 aliphatic carbocycles. The first-order valence-electron chi connectivity index (χ1n) is 7.10. The molecule has 1 N–H and O–H groups in total. The maximum atomic E-state index is 13.3. The molecule has 0 unspecified atom stereocenters. The van der Waals surface area contributed by atoms with Crippen molar-refractivity contribution >= 4 is 11.7 Å². The van der Waals surface area contributed by atoms with Gasteiger partial charge in [0.1, 0.15) is 11.6 Å². The summed E-state index contributed by atoms with van der Waals surface area (Å²) in [7, 11) is 1.74. The largest absolute Gasteiger partial charge is 0.369 e. The van der Waals surface area contributed by atoms with E-state index in [1.807, 2.05) is 6.92 Å². The number of rotatable bonds is 7. The molecule has 1 amide bonds. The zero-order chi connectivity index (χ0) is 15.1. The number of nitrogens with zero attached hydrogens (tertiary/aromatic N) is 2. The van der Waals surface area contributed by atoms with Gasteiger partial charge in [-0.2, -0.15) is 0 Å². The molecule has 20 heavy (non-hydrogen) atoms. The quantitative estimate of drug-likeness (QED) is 0.835. The Morgan fingerprint density at radius 3 is 2.80 bits per heavy atom. The van der Waals surface area contributed by atoms with Gasteiger partial charge in [0.15, 0.2) is 0 Å². The molecule has 5 heteroatoms. The second-order valence-corrected chi connectivity index (χ2v) is 5.39. The lowest BCUT2D eigenvalue weighted by molar-refractivity contribution is 0.0789. The number of nitrogens with one attached hydrogen (secondary N) is 1. The highest BCUT2D eigenvalue weighted by Crippen LogP contribution is 2.16. The molecule has 0 aromatic carbocycles. The minimum absolute atomic E-state index is 0.198. The number of anilines is 1. The number of hydrogen-bond donors (Lipinski definition) is 1. The fourth-order valence-electron chi connectivity index (χ4n) is 1.75. The zero-order valence-corrected chi connectivity index (χ0v) is 12.7. The van der Waals surface area contributed by atoms with Crippen LogP contribution >= 0.6 is 0 Å². The van der Waals surface area contributed by atoms with Crippen molar-refractivity contribution in [3.05, 3.63) is 23.6 Å². The Kier molecular flexibility index (Phi) is 6.42. The summed E-state index contributed by atoms with van der Waals surface area (Å²) in [5, 5.41) is 3.07. The lowest BCUT2D eigenvalue weighted by Crippen LogP contribution is -2.29. The normalized spacial score (nSPS) is 10.7. The highest BCUT2D eigenvalue weighted by molar-refractivity contribution is 5.98. The van der Waals surface area contributed by atoms with Gasteiger partial charge in [-0.3, -0.25) is 4.79 Å². The standard InChI is InChI=1S/C15H24FN3O/c1-5-7-17-14-13(9-12(16)10-18-14)15(20)19(4)8-6-11(2)3/h9-11H,5-8H2,1-4H3,(H,17,18). The maximum absolute atomic E-state index is 13.3. The summed E-state index contributed by atoms with van der Waals surface area (Å²) in [6.07, 6.45) is 2.96. The van der Waals surface area contributed by atoms with Crippen LogP contribution in [0.1, 0.15) is 44.0 Å². The molecule has 0 spiro atoms. The van der Waals surface area contributed by atoms with E-state index < -0.39 is 5.82 Å². The molecule has 0 saturated heterocycles. The van der Waals surface area contributed by atoms with Gasteiger partial charge in [-0.25, -0.2) is 9.37 Å². The second kappa shape index (κ2) is 7.82. The van der Waals surface area contributed by atoms with Crippen LogP contribution < -0.4 is 5.32 Å². The summed E-state index contributed by atoms with van der Waals surface area (Å²) in [6.45, 7) is 7.59. The number of hydrogen-bond acceptors (Lipinski definition) is 3. The Morgan fingerprint density at radius 1 is 1.50 bits per heavy atom. The molecule has 4 nitrogen and oxygen atoms in total. The predicted octanol–water partition coefficient (Wildman–Crippen LogP) is 3.16. The Labute approximate surface area is 120 Å². The number of carbonyl (C=O) groups excluding carboxylic acids is 1. The van der Waals surface area contributed by atoms with E-state index >= 15 is 0 Å². The molecule has 0 atom stereocenters. The molecule has 1 aromatic heterocycles. The average molecular weight is 281 g/mol. The summed E-state index contributed by atoms with van der Waals surface area (Å²) >= 11 is 0. The van der Waals surface area contributed by atoms with Gasteiger partial charge in [0.25, 0.3) is 5.91 Å². The van der Waals surface area contributed by atoms with E-state index in [0.717, 1.165) is 19.0 Å². The fraction of sp³-hybridized carbons (Fsp3) is 0.600. The van der Waals surface area contributed by atoms with Crippen molar-refractivity contribution in [1.82, 2.24) is 9.88 Å². The summed E-state index contributed by atoms with van der Waals surface area (Å²) < 4.78 is 13.3. The number of aromatic nitrogens is 1. The number of amides is 1. The third kappa shape index (κ3) is 4.79. The van der Waals surface area contributed by atoms with E-state index in [0.29, 0.717) is 30.4 Å². The van der Waals surface area contributed by atoms with Gasteiger partial charge in [-0.15, -0.1) is 0 Å². The average Bonchev–Trinajstić information content (AvgIpc) is 2.42. The molecular weight excluding hydrogens is 257 g/mol. The lowest BCUT2D eigenvalue weighted by atomic mass is 10.1. The first-order valence-corrected chi connectivity index (χ1v) is 7.10. The van der Waals surface area contributed by atoms with Gasteiger partial charge >= 0.3 is 0 Å². The van der Waals surface area contributed by atoms with Crippen LogP contribution in [0.25, 0.3) is 0 Å². The molecule has 0 fully saturated rings. The van der Waals surface area contributed by atoms with Crippen molar-refractivity contribution in [2.75, 3.05) is 25.5 Å². The van der Waals surface area contributed by atoms with Crippen LogP contribution in [0.5, 0.6) is 0 Å². The Bertz CT molecular complexity index is 449. The minimum Gasteiger partial charge on any atom is -0.369 e. The maximum Gasteiger partial charge on any atom is 0.257 e. The SMILES string of the molecule is CCCNc1ncc(F)cc1C(=O)N(C)CCC(C)C. The smallest absolute Gasteiger partial charge is 0.257 e. The molecule has 112 valence electrons. The lowest BCUT2D eigenvalue weighted by Gasteiger charge is -2.20. The van der Waals surface area contributed by atoms with Crippen LogP contribution in [-0.4, -0.2) is 35.9 Å². The van der Waals surface area contributed by atoms with Gasteiger partial charge in [-0.05, 0) is 24.8 Å². The molecule has 0 aliphatic rings. The molecule has 0 saturated carbocycles. The van der Waals surface area contributed by atoms with E-state index in [9.17, 15) is 9.18 Å². The topological polar surface area (TPSA) is 45.2 Å². The summed E-state index contributed by atoms with van der Waals surface area (Å²) in [6, 6.07) is 1.25. The van der Waals surface area contributed by atoms with Crippen molar-refractivity contribution in [3.63, 3.8) is 0 Å². The Hall–Kier alpha value is -1.65. The fourth-order valence-corrected chi connectivity index (χ4v) is 1.75. The van der Waals surface area contributed by atoms with Gasteiger partial charge in [0.05, 0.1) is 11.8 Å². The van der Waals surface area contributed by atoms with Gasteiger partial charge < -0.3 is 10.2 Å². The van der Waals surface area contributed by atoms with E-state index in [-0.39, 0.29) is 5.91 Å². The molecular formula is C15H24FN3O. The van der Waals surface area contributed by atoms with E-state index in [4.69, 9.17) is 0 Å². The van der Waals surface area contributed by atoms with Crippen molar-refractivity contribution < 1.29 is 9.18 Å². The molecule has 0 aliphatic heterocycles. The molecule has 0 bridgehead atoms. The molecule has 1 heterocycles. The van der Waals surface area contributed by atoms with Crippen LogP contribution in [-0.2, 0) is 0 Å². The predicted molar refractivity (Wildman–Crippen MR) is 79.4 cm³/mol. The van der Waals surface area contributed by atoms with Crippen LogP contribution in [0, 0.1) is 11.7 Å².